The third kappa shape index (κ3) is 3.37. The molecule has 0 aliphatic heterocycles. The Bertz CT molecular complexity index is 802. The van der Waals surface area contributed by atoms with Crippen LogP contribution in [0.15, 0.2) is 36.4 Å². The van der Waals surface area contributed by atoms with E-state index in [1.807, 2.05) is 6.07 Å². The molecular weight excluding hydrogens is 316 g/mol. The molecule has 0 saturated carbocycles. The largest absolute Gasteiger partial charge is 0.294 e. The van der Waals surface area contributed by atoms with E-state index in [9.17, 15) is 4.79 Å². The number of hydrogen-bond donors (Lipinski definition) is 0. The zero-order valence-corrected chi connectivity index (χ0v) is 16.0. The van der Waals surface area contributed by atoms with Crippen LogP contribution in [0.4, 0.5) is 0 Å². The average molecular weight is 347 g/mol. The Morgan fingerprint density at radius 3 is 2.65 bits per heavy atom. The average Bonchev–Trinajstić information content (AvgIpc) is 2.67. The van der Waals surface area contributed by atoms with Crippen LogP contribution in [0.1, 0.15) is 78.9 Å². The topological polar surface area (TPSA) is 17.1 Å². The van der Waals surface area contributed by atoms with E-state index in [1.54, 1.807) is 0 Å². The minimum atomic E-state index is 0.327. The zero-order valence-electron chi connectivity index (χ0n) is 16.0. The van der Waals surface area contributed by atoms with E-state index in [1.165, 1.54) is 79.2 Å². The SMILES string of the molecule is CCCCCCCC1CCc2c(ccc3c2C(=O)Cc2ccccc2-3)C1. The maximum absolute atomic E-state index is 12.9. The van der Waals surface area contributed by atoms with E-state index in [0.717, 1.165) is 17.9 Å². The maximum Gasteiger partial charge on any atom is 0.168 e. The molecule has 1 unspecified atom stereocenters. The fourth-order valence-electron chi connectivity index (χ4n) is 4.95. The number of ketones is 1. The molecule has 0 amide bonds. The smallest absolute Gasteiger partial charge is 0.168 e. The Morgan fingerprint density at radius 2 is 1.77 bits per heavy atom. The highest BCUT2D eigenvalue weighted by molar-refractivity contribution is 6.08. The standard InChI is InChI=1S/C25H30O/c1-2-3-4-5-6-9-18-12-14-22-20(16-18)13-15-23-21-11-8-7-10-19(21)17-24(26)25(22)23/h7-8,10-11,13,15,18H,2-6,9,12,14,16-17H2,1H3. The number of rotatable bonds is 6. The summed E-state index contributed by atoms with van der Waals surface area (Å²) in [5.74, 6) is 1.14. The number of Topliss-reactive ketones (excluding diaryl/α,β-unsaturated/α-hetero) is 1. The quantitative estimate of drug-likeness (QED) is 0.541. The summed E-state index contributed by atoms with van der Waals surface area (Å²) in [5, 5.41) is 0. The Morgan fingerprint density at radius 1 is 0.923 bits per heavy atom. The fraction of sp³-hybridized carbons (Fsp3) is 0.480. The number of carbonyl (C=O) groups excluding carboxylic acids is 1. The lowest BCUT2D eigenvalue weighted by atomic mass is 9.74. The number of fused-ring (bicyclic) bond motifs is 5. The summed E-state index contributed by atoms with van der Waals surface area (Å²) in [6.07, 6.45) is 12.3. The third-order valence-electron chi connectivity index (χ3n) is 6.37. The van der Waals surface area contributed by atoms with Crippen molar-refractivity contribution in [3.8, 4) is 11.1 Å². The molecule has 2 aromatic rings. The molecule has 0 N–H and O–H groups in total. The van der Waals surface area contributed by atoms with E-state index >= 15 is 0 Å². The van der Waals surface area contributed by atoms with Crippen LogP contribution in [0.3, 0.4) is 0 Å². The van der Waals surface area contributed by atoms with Gasteiger partial charge in [0.05, 0.1) is 0 Å². The van der Waals surface area contributed by atoms with Gasteiger partial charge in [-0.15, -0.1) is 0 Å². The third-order valence-corrected chi connectivity index (χ3v) is 6.37. The lowest BCUT2D eigenvalue weighted by Crippen LogP contribution is -2.21. The second kappa shape index (κ2) is 7.78. The van der Waals surface area contributed by atoms with Crippen LogP contribution in [-0.2, 0) is 19.3 Å². The van der Waals surface area contributed by atoms with E-state index in [2.05, 4.69) is 37.3 Å². The molecule has 1 nitrogen and oxygen atoms in total. The molecule has 4 rings (SSSR count). The molecule has 1 heteroatoms. The molecule has 2 aliphatic carbocycles. The van der Waals surface area contributed by atoms with Gasteiger partial charge in [0.2, 0.25) is 0 Å². The van der Waals surface area contributed by atoms with Crippen LogP contribution in [0, 0.1) is 5.92 Å². The van der Waals surface area contributed by atoms with Crippen LogP contribution in [0.2, 0.25) is 0 Å². The minimum Gasteiger partial charge on any atom is -0.294 e. The van der Waals surface area contributed by atoms with Crippen molar-refractivity contribution in [1.29, 1.82) is 0 Å². The van der Waals surface area contributed by atoms with Gasteiger partial charge in [-0.1, -0.05) is 81.8 Å². The molecule has 0 heterocycles. The van der Waals surface area contributed by atoms with Gasteiger partial charge in [0.1, 0.15) is 0 Å². The molecule has 0 aromatic heterocycles. The van der Waals surface area contributed by atoms with Crippen molar-refractivity contribution in [1.82, 2.24) is 0 Å². The van der Waals surface area contributed by atoms with Gasteiger partial charge in [-0.05, 0) is 53.0 Å². The van der Waals surface area contributed by atoms with Gasteiger partial charge >= 0.3 is 0 Å². The number of hydrogen-bond acceptors (Lipinski definition) is 1. The van der Waals surface area contributed by atoms with Gasteiger partial charge in [0.15, 0.2) is 5.78 Å². The van der Waals surface area contributed by atoms with Crippen LogP contribution in [-0.4, -0.2) is 5.78 Å². The molecular formula is C25H30O. The van der Waals surface area contributed by atoms with Crippen LogP contribution < -0.4 is 0 Å². The Labute approximate surface area is 157 Å². The van der Waals surface area contributed by atoms with Gasteiger partial charge in [-0.25, -0.2) is 0 Å². The van der Waals surface area contributed by atoms with Crippen molar-refractivity contribution in [2.24, 2.45) is 5.92 Å². The second-order valence-corrected chi connectivity index (χ2v) is 8.19. The van der Waals surface area contributed by atoms with Gasteiger partial charge in [0, 0.05) is 12.0 Å². The first-order chi connectivity index (χ1) is 12.8. The van der Waals surface area contributed by atoms with E-state index in [-0.39, 0.29) is 0 Å². The van der Waals surface area contributed by atoms with Gasteiger partial charge < -0.3 is 0 Å². The van der Waals surface area contributed by atoms with E-state index in [4.69, 9.17) is 0 Å². The molecule has 0 radical (unpaired) electrons. The predicted octanol–water partition coefficient (Wildman–Crippen LogP) is 6.56. The number of carbonyl (C=O) groups is 1. The number of benzene rings is 2. The van der Waals surface area contributed by atoms with Crippen molar-refractivity contribution >= 4 is 5.78 Å². The van der Waals surface area contributed by atoms with E-state index < -0.39 is 0 Å². The molecule has 26 heavy (non-hydrogen) atoms. The molecule has 0 spiro atoms. The Hall–Kier alpha value is -1.89. The summed E-state index contributed by atoms with van der Waals surface area (Å²) in [5.41, 5.74) is 7.48. The Balaban J connectivity index is 1.53. The van der Waals surface area contributed by atoms with E-state index in [0.29, 0.717) is 12.2 Å². The molecule has 2 aliphatic rings. The van der Waals surface area contributed by atoms with Gasteiger partial charge in [-0.3, -0.25) is 4.79 Å². The predicted molar refractivity (Wildman–Crippen MR) is 109 cm³/mol. The van der Waals surface area contributed by atoms with Gasteiger partial charge in [-0.2, -0.15) is 0 Å². The summed E-state index contributed by atoms with van der Waals surface area (Å²) in [7, 11) is 0. The first kappa shape index (κ1) is 17.5. The summed E-state index contributed by atoms with van der Waals surface area (Å²) in [6, 6.07) is 12.9. The Kier molecular flexibility index (Phi) is 5.24. The summed E-state index contributed by atoms with van der Waals surface area (Å²) >= 11 is 0. The molecule has 2 aromatic carbocycles. The normalized spacial score (nSPS) is 18.2. The minimum absolute atomic E-state index is 0.327. The molecule has 136 valence electrons. The summed E-state index contributed by atoms with van der Waals surface area (Å²) in [6.45, 7) is 2.28. The van der Waals surface area contributed by atoms with Crippen LogP contribution in [0.25, 0.3) is 11.1 Å². The van der Waals surface area contributed by atoms with Crippen molar-refractivity contribution < 1.29 is 4.79 Å². The lowest BCUT2D eigenvalue weighted by molar-refractivity contribution is 0.0990. The summed E-state index contributed by atoms with van der Waals surface area (Å²) in [4.78, 5) is 12.9. The molecule has 0 saturated heterocycles. The van der Waals surface area contributed by atoms with Crippen molar-refractivity contribution in [2.75, 3.05) is 0 Å². The molecule has 0 fully saturated rings. The number of unbranched alkanes of at least 4 members (excludes halogenated alkanes) is 4. The molecule has 0 bridgehead atoms. The van der Waals surface area contributed by atoms with Crippen molar-refractivity contribution in [2.45, 2.75) is 71.1 Å². The fourth-order valence-corrected chi connectivity index (χ4v) is 4.95. The highest BCUT2D eigenvalue weighted by Crippen LogP contribution is 2.40. The first-order valence-corrected chi connectivity index (χ1v) is 10.5. The van der Waals surface area contributed by atoms with Crippen LogP contribution >= 0.6 is 0 Å². The molecule has 1 atom stereocenters. The van der Waals surface area contributed by atoms with Crippen LogP contribution in [0.5, 0.6) is 0 Å². The van der Waals surface area contributed by atoms with Crippen molar-refractivity contribution in [3.05, 3.63) is 58.7 Å². The zero-order chi connectivity index (χ0) is 17.9. The highest BCUT2D eigenvalue weighted by Gasteiger charge is 2.29. The lowest BCUT2D eigenvalue weighted by Gasteiger charge is -2.29. The second-order valence-electron chi connectivity index (χ2n) is 8.19. The van der Waals surface area contributed by atoms with Gasteiger partial charge in [0.25, 0.3) is 0 Å². The highest BCUT2D eigenvalue weighted by atomic mass is 16.1. The van der Waals surface area contributed by atoms with Crippen molar-refractivity contribution in [3.63, 3.8) is 0 Å². The maximum atomic E-state index is 12.9. The summed E-state index contributed by atoms with van der Waals surface area (Å²) < 4.78 is 0. The monoisotopic (exact) mass is 346 g/mol. The first-order valence-electron chi connectivity index (χ1n) is 10.5.